The maximum absolute atomic E-state index is 14.7. The van der Waals surface area contributed by atoms with E-state index in [2.05, 4.69) is 11.6 Å². The van der Waals surface area contributed by atoms with Crippen molar-refractivity contribution in [3.05, 3.63) is 89.7 Å². The number of hydrogen-bond acceptors (Lipinski definition) is 6. The van der Waals surface area contributed by atoms with E-state index in [9.17, 15) is 19.4 Å². The summed E-state index contributed by atoms with van der Waals surface area (Å²) >= 11 is 1.17. The van der Waals surface area contributed by atoms with Gasteiger partial charge in [-0.1, -0.05) is 24.8 Å². The Labute approximate surface area is 181 Å². The number of halogens is 1. The first kappa shape index (κ1) is 20.4. The second-order valence-electron chi connectivity index (χ2n) is 6.48. The van der Waals surface area contributed by atoms with Gasteiger partial charge in [0.25, 0.3) is 0 Å². The van der Waals surface area contributed by atoms with Crippen LogP contribution in [-0.4, -0.2) is 32.2 Å². The quantitative estimate of drug-likeness (QED) is 0.316. The molecule has 0 saturated carbocycles. The van der Waals surface area contributed by atoms with Crippen molar-refractivity contribution < 1.29 is 24.1 Å². The summed E-state index contributed by atoms with van der Waals surface area (Å²) < 4.78 is 21.3. The molecular weight excluding hydrogens is 419 g/mol. The number of aromatic hydroxyl groups is 2. The number of carbonyl (C=O) groups is 1. The number of ketones is 1. The van der Waals surface area contributed by atoms with Crippen LogP contribution in [0.5, 0.6) is 17.4 Å². The SMILES string of the molecule is C=CCOc1ccc(C(=O)c2c(O)c(O)n(-c3nccs3)c2-c2ccccc2F)cc1. The number of carbonyl (C=O) groups excluding carboxylic acids is 1. The second-order valence-corrected chi connectivity index (χ2v) is 7.35. The van der Waals surface area contributed by atoms with Crippen LogP contribution in [0.15, 0.2) is 72.8 Å². The zero-order valence-corrected chi connectivity index (χ0v) is 17.0. The molecule has 4 rings (SSSR count). The molecule has 2 N–H and O–H groups in total. The van der Waals surface area contributed by atoms with Gasteiger partial charge in [-0.25, -0.2) is 9.37 Å². The summed E-state index contributed by atoms with van der Waals surface area (Å²) in [7, 11) is 0. The minimum absolute atomic E-state index is 0.0139. The van der Waals surface area contributed by atoms with E-state index in [1.165, 1.54) is 52.4 Å². The van der Waals surface area contributed by atoms with Crippen LogP contribution in [0.1, 0.15) is 15.9 Å². The fraction of sp³-hybridized carbons (Fsp3) is 0.0435. The lowest BCUT2D eigenvalue weighted by atomic mass is 9.99. The molecule has 0 amide bonds. The van der Waals surface area contributed by atoms with E-state index >= 15 is 0 Å². The number of benzene rings is 2. The highest BCUT2D eigenvalue weighted by atomic mass is 32.1. The Balaban J connectivity index is 1.90. The molecule has 4 aromatic rings. The third-order valence-corrected chi connectivity index (χ3v) is 5.33. The van der Waals surface area contributed by atoms with Crippen molar-refractivity contribution in [3.8, 4) is 33.8 Å². The Bertz CT molecular complexity index is 1250. The lowest BCUT2D eigenvalue weighted by Gasteiger charge is -2.10. The third-order valence-electron chi connectivity index (χ3n) is 4.57. The van der Waals surface area contributed by atoms with Gasteiger partial charge in [0.2, 0.25) is 5.88 Å². The predicted molar refractivity (Wildman–Crippen MR) is 116 cm³/mol. The molecule has 0 radical (unpaired) electrons. The summed E-state index contributed by atoms with van der Waals surface area (Å²) in [6.07, 6.45) is 3.10. The first-order valence-corrected chi connectivity index (χ1v) is 10.1. The Hall–Kier alpha value is -3.91. The zero-order valence-electron chi connectivity index (χ0n) is 16.2. The maximum Gasteiger partial charge on any atom is 0.242 e. The molecule has 0 bridgehead atoms. The maximum atomic E-state index is 14.7. The standard InChI is InChI=1S/C23H17FN2O4S/c1-2-12-30-15-9-7-14(8-10-15)20(27)18-19(16-5-3-4-6-17(16)24)26(22(29)21(18)28)23-25-11-13-31-23/h2-11,13,28-29H,1,12H2. The van der Waals surface area contributed by atoms with Gasteiger partial charge < -0.3 is 14.9 Å². The molecule has 8 heteroatoms. The number of hydrogen-bond donors (Lipinski definition) is 2. The molecule has 0 fully saturated rings. The van der Waals surface area contributed by atoms with Gasteiger partial charge in [0.15, 0.2) is 16.7 Å². The van der Waals surface area contributed by atoms with Crippen LogP contribution in [-0.2, 0) is 0 Å². The molecule has 0 atom stereocenters. The number of ether oxygens (including phenoxy) is 1. The Morgan fingerprint density at radius 3 is 2.58 bits per heavy atom. The molecule has 0 saturated heterocycles. The molecule has 2 aromatic carbocycles. The average molecular weight is 436 g/mol. The summed E-state index contributed by atoms with van der Waals surface area (Å²) in [4.78, 5) is 17.5. The predicted octanol–water partition coefficient (Wildman–Crippen LogP) is 4.95. The Morgan fingerprint density at radius 1 is 1.19 bits per heavy atom. The Kier molecular flexibility index (Phi) is 5.55. The van der Waals surface area contributed by atoms with Gasteiger partial charge >= 0.3 is 0 Å². The van der Waals surface area contributed by atoms with Crippen molar-refractivity contribution in [1.29, 1.82) is 0 Å². The van der Waals surface area contributed by atoms with E-state index in [1.807, 2.05) is 0 Å². The van der Waals surface area contributed by atoms with E-state index < -0.39 is 23.2 Å². The van der Waals surface area contributed by atoms with E-state index in [0.717, 1.165) is 0 Å². The van der Waals surface area contributed by atoms with Crippen LogP contribution in [0.4, 0.5) is 4.39 Å². The third kappa shape index (κ3) is 3.69. The first-order valence-electron chi connectivity index (χ1n) is 9.22. The Morgan fingerprint density at radius 2 is 1.94 bits per heavy atom. The number of rotatable bonds is 7. The summed E-state index contributed by atoms with van der Waals surface area (Å²) in [5.41, 5.74) is 0.0651. The minimum atomic E-state index is -0.648. The number of thiazole rings is 1. The van der Waals surface area contributed by atoms with E-state index in [0.29, 0.717) is 12.4 Å². The van der Waals surface area contributed by atoms with Gasteiger partial charge in [0.05, 0.1) is 11.3 Å². The van der Waals surface area contributed by atoms with Gasteiger partial charge in [-0.05, 0) is 36.4 Å². The monoisotopic (exact) mass is 436 g/mol. The topological polar surface area (TPSA) is 84.6 Å². The second kappa shape index (κ2) is 8.45. The molecule has 2 aromatic heterocycles. The van der Waals surface area contributed by atoms with Gasteiger partial charge in [-0.2, -0.15) is 0 Å². The van der Waals surface area contributed by atoms with Crippen LogP contribution >= 0.6 is 11.3 Å². The molecule has 31 heavy (non-hydrogen) atoms. The summed E-state index contributed by atoms with van der Waals surface area (Å²) in [5, 5.41) is 23.3. The van der Waals surface area contributed by atoms with Gasteiger partial charge in [-0.3, -0.25) is 9.36 Å². The molecule has 2 heterocycles. The fourth-order valence-corrected chi connectivity index (χ4v) is 3.83. The van der Waals surface area contributed by atoms with Crippen LogP contribution < -0.4 is 4.74 Å². The lowest BCUT2D eigenvalue weighted by Crippen LogP contribution is -2.06. The minimum Gasteiger partial charge on any atom is -0.503 e. The molecule has 156 valence electrons. The summed E-state index contributed by atoms with van der Waals surface area (Å²) in [5.74, 6) is -1.90. The molecule has 0 unspecified atom stereocenters. The number of aromatic nitrogens is 2. The largest absolute Gasteiger partial charge is 0.503 e. The normalized spacial score (nSPS) is 10.7. The van der Waals surface area contributed by atoms with Crippen molar-refractivity contribution in [2.75, 3.05) is 6.61 Å². The smallest absolute Gasteiger partial charge is 0.242 e. The highest BCUT2D eigenvalue weighted by Crippen LogP contribution is 2.44. The van der Waals surface area contributed by atoms with Crippen molar-refractivity contribution in [2.24, 2.45) is 0 Å². The molecule has 6 nitrogen and oxygen atoms in total. The summed E-state index contributed by atoms with van der Waals surface area (Å²) in [6, 6.07) is 12.1. The lowest BCUT2D eigenvalue weighted by molar-refractivity contribution is 0.103. The van der Waals surface area contributed by atoms with E-state index in [-0.39, 0.29) is 27.5 Å². The van der Waals surface area contributed by atoms with Gasteiger partial charge in [0.1, 0.15) is 18.2 Å². The van der Waals surface area contributed by atoms with Crippen molar-refractivity contribution >= 4 is 17.1 Å². The van der Waals surface area contributed by atoms with Crippen molar-refractivity contribution in [1.82, 2.24) is 9.55 Å². The fourth-order valence-electron chi connectivity index (χ4n) is 3.19. The van der Waals surface area contributed by atoms with Crippen LogP contribution in [0.25, 0.3) is 16.4 Å². The van der Waals surface area contributed by atoms with Crippen molar-refractivity contribution in [2.45, 2.75) is 0 Å². The average Bonchev–Trinajstić information content (AvgIpc) is 3.39. The van der Waals surface area contributed by atoms with Crippen LogP contribution in [0, 0.1) is 5.82 Å². The molecule has 0 spiro atoms. The van der Waals surface area contributed by atoms with E-state index in [4.69, 9.17) is 4.74 Å². The zero-order chi connectivity index (χ0) is 22.0. The summed E-state index contributed by atoms with van der Waals surface area (Å²) in [6.45, 7) is 3.90. The van der Waals surface area contributed by atoms with Gasteiger partial charge in [-0.15, -0.1) is 11.3 Å². The van der Waals surface area contributed by atoms with Crippen molar-refractivity contribution in [3.63, 3.8) is 0 Å². The highest BCUT2D eigenvalue weighted by molar-refractivity contribution is 7.12. The molecular formula is C23H17FN2O4S. The first-order chi connectivity index (χ1) is 15.0. The molecule has 0 aliphatic heterocycles. The molecule has 0 aliphatic carbocycles. The van der Waals surface area contributed by atoms with Crippen LogP contribution in [0.2, 0.25) is 0 Å². The van der Waals surface area contributed by atoms with Crippen LogP contribution in [0.3, 0.4) is 0 Å². The van der Waals surface area contributed by atoms with E-state index in [1.54, 1.807) is 29.7 Å². The number of nitrogens with zero attached hydrogens (tertiary/aromatic N) is 2. The highest BCUT2D eigenvalue weighted by Gasteiger charge is 2.31. The molecule has 0 aliphatic rings. The van der Waals surface area contributed by atoms with Gasteiger partial charge in [0, 0.05) is 22.7 Å².